The maximum absolute atomic E-state index is 12.3. The molecule has 0 saturated heterocycles. The minimum atomic E-state index is -4.85. The monoisotopic (exact) mass is 1070 g/mol. The number of hydrazone groups is 1. The third-order valence-corrected chi connectivity index (χ3v) is 12.1. The first-order valence-electron chi connectivity index (χ1n) is 18.6. The van der Waals surface area contributed by atoms with Gasteiger partial charge in [0.2, 0.25) is 0 Å². The molecular weight excluding hydrogens is 1040 g/mol. The van der Waals surface area contributed by atoms with Crippen LogP contribution in [0.3, 0.4) is 0 Å². The highest BCUT2D eigenvalue weighted by molar-refractivity contribution is 7.86. The number of nitrogens with zero attached hydrogens (tertiary/aromatic N) is 8. The van der Waals surface area contributed by atoms with Crippen molar-refractivity contribution >= 4 is 114 Å². The Morgan fingerprint density at radius 2 is 1.06 bits per heavy atom. The first-order chi connectivity index (χ1) is 33.1. The Kier molecular flexibility index (Phi) is 18.4. The average Bonchev–Trinajstić information content (AvgIpc) is 3.66. The van der Waals surface area contributed by atoms with Crippen LogP contribution in [-0.4, -0.2) is 93.9 Å². The second kappa shape index (κ2) is 23.5. The van der Waals surface area contributed by atoms with Gasteiger partial charge in [0.25, 0.3) is 46.4 Å². The molecule has 6 aromatic carbocycles. The number of phenols is 1. The molecule has 1 heterocycles. The summed E-state index contributed by atoms with van der Waals surface area (Å²) in [6, 6.07) is 25.8. The molecule has 1 atom stereocenters. The zero-order valence-corrected chi connectivity index (χ0v) is 39.4. The summed E-state index contributed by atoms with van der Waals surface area (Å²) in [5.41, 5.74) is 1.72. The van der Waals surface area contributed by atoms with Crippen LogP contribution < -0.4 is 5.01 Å². The quantitative estimate of drug-likeness (QED) is 0.0706. The molecule has 0 aliphatic carbocycles. The number of phenolic OH excluding ortho intramolecular Hbond substituents is 1. The molecule has 1 unspecified atom stereocenters. The average molecular weight is 1080 g/mol. The van der Waals surface area contributed by atoms with Gasteiger partial charge < -0.3 is 5.11 Å². The molecule has 0 fully saturated rings. The van der Waals surface area contributed by atoms with Crippen LogP contribution in [-0.2, 0) is 65.5 Å². The molecule has 6 aromatic rings. The number of hydrogen-bond acceptors (Lipinski definition) is 22. The van der Waals surface area contributed by atoms with Crippen molar-refractivity contribution < 1.29 is 84.0 Å². The summed E-state index contributed by atoms with van der Waals surface area (Å²) < 4.78 is 153. The van der Waals surface area contributed by atoms with Crippen LogP contribution in [0.15, 0.2) is 177 Å². The molecule has 1 aliphatic heterocycles. The van der Waals surface area contributed by atoms with E-state index in [4.69, 9.17) is 31.3 Å². The molecule has 71 heavy (non-hydrogen) atoms. The second-order valence-corrected chi connectivity index (χ2v) is 19.5. The van der Waals surface area contributed by atoms with E-state index in [2.05, 4.69) is 35.8 Å². The van der Waals surface area contributed by atoms with Gasteiger partial charge in [-0.1, -0.05) is 29.8 Å². The number of carbonyl (C=O) groups is 1. The maximum Gasteiger partial charge on any atom is 0.425 e. The van der Waals surface area contributed by atoms with Crippen LogP contribution in [0.4, 0.5) is 34.1 Å². The molecule has 0 spiro atoms. The lowest BCUT2D eigenvalue weighted by atomic mass is 10.1. The van der Waals surface area contributed by atoms with Crippen LogP contribution in [0.25, 0.3) is 10.8 Å². The fourth-order valence-corrected chi connectivity index (χ4v) is 7.57. The summed E-state index contributed by atoms with van der Waals surface area (Å²) in [6.45, 7) is 1.95. The molecule has 27 nitrogen and oxygen atoms in total. The minimum Gasteiger partial charge on any atom is -0.506 e. The van der Waals surface area contributed by atoms with E-state index in [0.717, 1.165) is 42.0 Å². The van der Waals surface area contributed by atoms with Crippen LogP contribution in [0.2, 0.25) is 0 Å². The highest BCUT2D eigenvalue weighted by Gasteiger charge is 2.30. The first kappa shape index (κ1) is 55.6. The Balaban J connectivity index is 0.000000292. The van der Waals surface area contributed by atoms with E-state index in [1.165, 1.54) is 71.9 Å². The number of rotatable bonds is 11. The Morgan fingerprint density at radius 3 is 1.56 bits per heavy atom. The van der Waals surface area contributed by atoms with E-state index in [-0.39, 0.29) is 61.1 Å². The van der Waals surface area contributed by atoms with Gasteiger partial charge >= 0.3 is 16.8 Å². The number of amides is 1. The Bertz CT molecular complexity index is 3720. The SMILES string of the molecule is Cc1ccc(N2N=CC(N=Nc3ccc(S(=O)(=O)O)cc3)C2=O)cc1.O=C=O.O=S(=O)(O)c1ccc(N=Nc2ccc(N=Nc3c(O)ccc4cc(S(=O)(=O)O)ccc34)c(S(=O)(=O)O)c2)cc1.O=S(=O)=O. The maximum atomic E-state index is 12.3. The van der Waals surface area contributed by atoms with Gasteiger partial charge in [0.05, 0.1) is 43.7 Å². The number of hydrogen-bond donors (Lipinski definition) is 5. The number of carbonyl (C=O) groups excluding carboxylic acids is 3. The lowest BCUT2D eigenvalue weighted by Gasteiger charge is -2.12. The van der Waals surface area contributed by atoms with Crippen molar-refractivity contribution in [1.82, 2.24) is 0 Å². The van der Waals surface area contributed by atoms with E-state index in [1.807, 2.05) is 19.1 Å². The molecule has 1 amide bonds. The fourth-order valence-electron chi connectivity index (χ4n) is 5.45. The highest BCUT2D eigenvalue weighted by Crippen LogP contribution is 2.38. The molecule has 5 N–H and O–H groups in total. The summed E-state index contributed by atoms with van der Waals surface area (Å²) in [4.78, 5) is 26.9. The van der Waals surface area contributed by atoms with Crippen LogP contribution in [0, 0.1) is 6.92 Å². The highest BCUT2D eigenvalue weighted by atomic mass is 32.2. The predicted molar refractivity (Wildman–Crippen MR) is 243 cm³/mol. The number of aromatic hydroxyl groups is 1. The Morgan fingerprint density at radius 1 is 0.577 bits per heavy atom. The Hall–Kier alpha value is -8.04. The van der Waals surface area contributed by atoms with Crippen LogP contribution in [0.5, 0.6) is 5.75 Å². The third-order valence-electron chi connectivity index (χ3n) is 8.63. The van der Waals surface area contributed by atoms with Crippen molar-refractivity contribution in [3.63, 3.8) is 0 Å². The molecule has 0 saturated carbocycles. The van der Waals surface area contributed by atoms with Crippen molar-refractivity contribution in [3.8, 4) is 5.75 Å². The minimum absolute atomic E-state index is 0.0359. The number of anilines is 1. The van der Waals surface area contributed by atoms with Crippen molar-refractivity contribution in [1.29, 1.82) is 0 Å². The summed E-state index contributed by atoms with van der Waals surface area (Å²) in [7, 11) is -21.1. The van der Waals surface area contributed by atoms with E-state index in [9.17, 15) is 52.7 Å². The van der Waals surface area contributed by atoms with E-state index < -0.39 is 66.9 Å². The normalized spacial score (nSPS) is 13.8. The second-order valence-electron chi connectivity index (χ2n) is 13.5. The van der Waals surface area contributed by atoms with E-state index >= 15 is 0 Å². The van der Waals surface area contributed by atoms with Crippen molar-refractivity contribution in [2.45, 2.75) is 32.5 Å². The number of aryl methyl sites for hydroxylation is 1. The number of fused-ring (bicyclic) bond motifs is 1. The van der Waals surface area contributed by atoms with Gasteiger partial charge in [-0.25, -0.2) is 0 Å². The van der Waals surface area contributed by atoms with Crippen LogP contribution >= 0.6 is 0 Å². The number of azo groups is 3. The Labute approximate surface area is 402 Å². The summed E-state index contributed by atoms with van der Waals surface area (Å²) in [5, 5.41) is 39.3. The summed E-state index contributed by atoms with van der Waals surface area (Å²) in [5.74, 6) is -0.702. The van der Waals surface area contributed by atoms with Gasteiger partial charge in [0.15, 0.2) is 6.04 Å². The fraction of sp³-hybridized carbons (Fsp3) is 0.0513. The van der Waals surface area contributed by atoms with Gasteiger partial charge in [-0.15, -0.1) is 22.9 Å². The lowest BCUT2D eigenvalue weighted by Crippen LogP contribution is -2.28. The molecule has 0 radical (unpaired) electrons. The molecule has 7 rings (SSSR count). The zero-order valence-electron chi connectivity index (χ0n) is 35.3. The van der Waals surface area contributed by atoms with Crippen molar-refractivity contribution in [2.75, 3.05) is 5.01 Å². The van der Waals surface area contributed by atoms with Gasteiger partial charge in [-0.05, 0) is 109 Å². The lowest BCUT2D eigenvalue weighted by molar-refractivity contribution is -0.191. The topological polar surface area (TPSA) is 430 Å². The van der Waals surface area contributed by atoms with Crippen molar-refractivity contribution in [2.24, 2.45) is 35.8 Å². The standard InChI is InChI=1S/C22H16N4O10S3.C16H14N4O4S.CO2.O3S/c27-20-10-1-13-11-17(38(31,32)33)7-8-18(13)22(20)26-25-19-9-4-15(12-21(19)39(34,35)36)24-23-14-2-5-16(6-3-14)37(28,29)30;1-11-2-6-13(7-3-11)20-16(21)15(10-17-20)19-18-12-4-8-14(9-5-12)25(22,23)24;2-1-3;1-4(2)3/h1-12,27H,(H,28,29,30)(H,31,32,33)(H,34,35,36);2-10,15H,1H3,(H,22,23,24);;. The van der Waals surface area contributed by atoms with Gasteiger partial charge in [0.1, 0.15) is 22.0 Å². The zero-order chi connectivity index (χ0) is 52.9. The number of benzene rings is 6. The predicted octanol–water partition coefficient (Wildman–Crippen LogP) is 6.26. The largest absolute Gasteiger partial charge is 0.506 e. The first-order valence-corrected chi connectivity index (χ1v) is 25.3. The van der Waals surface area contributed by atoms with Crippen LogP contribution in [0.1, 0.15) is 5.56 Å². The van der Waals surface area contributed by atoms with Gasteiger partial charge in [0, 0.05) is 5.39 Å². The van der Waals surface area contributed by atoms with E-state index in [0.29, 0.717) is 11.4 Å². The molecule has 1 aliphatic rings. The van der Waals surface area contributed by atoms with E-state index in [1.54, 1.807) is 12.1 Å². The molecule has 0 bridgehead atoms. The summed E-state index contributed by atoms with van der Waals surface area (Å²) in [6.07, 6.45) is 1.64. The van der Waals surface area contributed by atoms with Gasteiger partial charge in [-0.3, -0.25) is 23.0 Å². The van der Waals surface area contributed by atoms with Gasteiger partial charge in [-0.2, -0.15) is 73.8 Å². The molecular formula is C39H30N8O19S5. The molecule has 370 valence electrons. The van der Waals surface area contributed by atoms with Crippen molar-refractivity contribution in [3.05, 3.63) is 127 Å². The molecule has 32 heteroatoms. The smallest absolute Gasteiger partial charge is 0.425 e. The summed E-state index contributed by atoms with van der Waals surface area (Å²) >= 11 is 0. The molecule has 0 aromatic heterocycles. The third kappa shape index (κ3) is 16.3.